The molecule has 7 heteroatoms. The maximum absolute atomic E-state index is 12.1. The first kappa shape index (κ1) is 10.6. The van der Waals surface area contributed by atoms with Gasteiger partial charge in [-0.1, -0.05) is 0 Å². The summed E-state index contributed by atoms with van der Waals surface area (Å²) < 4.78 is 25.5. The molecule has 0 atom stereocenters. The molecule has 0 amide bonds. The van der Waals surface area contributed by atoms with Crippen LogP contribution in [0.5, 0.6) is 0 Å². The molecule has 1 saturated carbocycles. The Balaban J connectivity index is 2.36. The number of hydrogen-bond acceptors (Lipinski definition) is 4. The van der Waals surface area contributed by atoms with E-state index in [1.54, 1.807) is 7.05 Å². The first-order chi connectivity index (χ1) is 7.07. The average molecular weight is 230 g/mol. The number of nitrogens with one attached hydrogen (secondary N) is 1. The van der Waals surface area contributed by atoms with Crippen LogP contribution in [0.3, 0.4) is 0 Å². The molecule has 3 N–H and O–H groups in total. The smallest absolute Gasteiger partial charge is 0.260 e. The SMILES string of the molecule is CN(C1CC1)S(=O)(=O)c1[nH]ncc1CN. The molecule has 1 aliphatic carbocycles. The van der Waals surface area contributed by atoms with E-state index in [1.807, 2.05) is 0 Å². The molecule has 0 unspecified atom stereocenters. The lowest BCUT2D eigenvalue weighted by molar-refractivity contribution is 0.460. The van der Waals surface area contributed by atoms with Gasteiger partial charge in [0.2, 0.25) is 0 Å². The van der Waals surface area contributed by atoms with Crippen molar-refractivity contribution in [2.45, 2.75) is 30.5 Å². The Kier molecular flexibility index (Phi) is 2.53. The summed E-state index contributed by atoms with van der Waals surface area (Å²) in [6.07, 6.45) is 3.32. The average Bonchev–Trinajstić information content (AvgIpc) is 2.93. The molecule has 0 aliphatic heterocycles. The molecule has 0 bridgehead atoms. The summed E-state index contributed by atoms with van der Waals surface area (Å²) >= 11 is 0. The Morgan fingerprint density at radius 3 is 2.87 bits per heavy atom. The van der Waals surface area contributed by atoms with Gasteiger partial charge in [-0.15, -0.1) is 0 Å². The second-order valence-electron chi connectivity index (χ2n) is 3.68. The standard InChI is InChI=1S/C8H14N4O2S/c1-12(7-2-3-7)15(13,14)8-6(4-9)5-10-11-8/h5,7H,2-4,9H2,1H3,(H,10,11). The first-order valence-electron chi connectivity index (χ1n) is 4.77. The van der Waals surface area contributed by atoms with Crippen molar-refractivity contribution in [1.29, 1.82) is 0 Å². The van der Waals surface area contributed by atoms with E-state index in [2.05, 4.69) is 10.2 Å². The zero-order valence-corrected chi connectivity index (χ0v) is 9.29. The first-order valence-corrected chi connectivity index (χ1v) is 6.21. The fourth-order valence-electron chi connectivity index (χ4n) is 1.45. The van der Waals surface area contributed by atoms with Crippen LogP contribution in [-0.2, 0) is 16.6 Å². The molecule has 0 saturated heterocycles. The van der Waals surface area contributed by atoms with Crippen LogP contribution in [0.15, 0.2) is 11.2 Å². The van der Waals surface area contributed by atoms with Gasteiger partial charge in [-0.25, -0.2) is 8.42 Å². The van der Waals surface area contributed by atoms with Crippen molar-refractivity contribution in [1.82, 2.24) is 14.5 Å². The third kappa shape index (κ3) is 1.77. The van der Waals surface area contributed by atoms with Crippen LogP contribution in [-0.4, -0.2) is 36.0 Å². The van der Waals surface area contributed by atoms with Gasteiger partial charge in [-0.3, -0.25) is 5.10 Å². The summed E-state index contributed by atoms with van der Waals surface area (Å²) in [6.45, 7) is 0.170. The number of hydrogen-bond donors (Lipinski definition) is 2. The number of aromatic nitrogens is 2. The largest absolute Gasteiger partial charge is 0.326 e. The Morgan fingerprint density at radius 2 is 2.33 bits per heavy atom. The fourth-order valence-corrected chi connectivity index (χ4v) is 2.97. The molecule has 1 aromatic rings. The third-order valence-corrected chi connectivity index (χ3v) is 4.52. The van der Waals surface area contributed by atoms with Gasteiger partial charge >= 0.3 is 0 Å². The second-order valence-corrected chi connectivity index (χ2v) is 5.62. The van der Waals surface area contributed by atoms with Crippen molar-refractivity contribution in [2.75, 3.05) is 7.05 Å². The van der Waals surface area contributed by atoms with E-state index in [0.29, 0.717) is 5.56 Å². The van der Waals surface area contributed by atoms with E-state index in [4.69, 9.17) is 5.73 Å². The van der Waals surface area contributed by atoms with Gasteiger partial charge in [0.25, 0.3) is 10.0 Å². The van der Waals surface area contributed by atoms with Crippen LogP contribution in [0.2, 0.25) is 0 Å². The predicted molar refractivity (Wildman–Crippen MR) is 54.4 cm³/mol. The van der Waals surface area contributed by atoms with Gasteiger partial charge in [0.15, 0.2) is 5.03 Å². The van der Waals surface area contributed by atoms with Gasteiger partial charge in [0.1, 0.15) is 0 Å². The maximum Gasteiger partial charge on any atom is 0.260 e. The normalized spacial score (nSPS) is 17.3. The van der Waals surface area contributed by atoms with E-state index in [-0.39, 0.29) is 17.6 Å². The molecular formula is C8H14N4O2S. The highest BCUT2D eigenvalue weighted by molar-refractivity contribution is 7.89. The molecule has 1 fully saturated rings. The topological polar surface area (TPSA) is 92.1 Å². The molecule has 2 rings (SSSR count). The highest BCUT2D eigenvalue weighted by atomic mass is 32.2. The number of nitrogens with two attached hydrogens (primary N) is 1. The van der Waals surface area contributed by atoms with Crippen molar-refractivity contribution in [3.63, 3.8) is 0 Å². The highest BCUT2D eigenvalue weighted by Crippen LogP contribution is 2.30. The molecule has 6 nitrogen and oxygen atoms in total. The summed E-state index contributed by atoms with van der Waals surface area (Å²) in [5.41, 5.74) is 5.97. The van der Waals surface area contributed by atoms with Gasteiger partial charge in [0, 0.05) is 25.2 Å². The Labute approximate surface area is 88.5 Å². The van der Waals surface area contributed by atoms with Crippen molar-refractivity contribution in [3.05, 3.63) is 11.8 Å². The fraction of sp³-hybridized carbons (Fsp3) is 0.625. The van der Waals surface area contributed by atoms with Crippen LogP contribution >= 0.6 is 0 Å². The number of rotatable bonds is 4. The molecule has 1 aliphatic rings. The van der Waals surface area contributed by atoms with Crippen LogP contribution in [0, 0.1) is 0 Å². The lowest BCUT2D eigenvalue weighted by Crippen LogP contribution is -2.30. The lowest BCUT2D eigenvalue weighted by Gasteiger charge is -2.15. The zero-order chi connectivity index (χ0) is 11.1. The number of nitrogens with zero attached hydrogens (tertiary/aromatic N) is 2. The van der Waals surface area contributed by atoms with E-state index >= 15 is 0 Å². The molecule has 1 aromatic heterocycles. The number of H-pyrrole nitrogens is 1. The number of sulfonamides is 1. The predicted octanol–water partition coefficient (Wildman–Crippen LogP) is -0.349. The summed E-state index contributed by atoms with van der Waals surface area (Å²) in [5, 5.41) is 6.34. The summed E-state index contributed by atoms with van der Waals surface area (Å²) in [4.78, 5) is 0. The summed E-state index contributed by atoms with van der Waals surface area (Å²) in [5.74, 6) is 0. The molecule has 0 aromatic carbocycles. The van der Waals surface area contributed by atoms with Gasteiger partial charge in [-0.05, 0) is 12.8 Å². The number of aromatic amines is 1. The summed E-state index contributed by atoms with van der Waals surface area (Å²) in [7, 11) is -1.85. The van der Waals surface area contributed by atoms with Gasteiger partial charge < -0.3 is 5.73 Å². The molecule has 15 heavy (non-hydrogen) atoms. The molecular weight excluding hydrogens is 216 g/mol. The molecule has 1 heterocycles. The van der Waals surface area contributed by atoms with E-state index in [0.717, 1.165) is 12.8 Å². The Bertz CT molecular complexity index is 449. The minimum atomic E-state index is -3.44. The van der Waals surface area contributed by atoms with E-state index in [9.17, 15) is 8.42 Å². The minimum absolute atomic E-state index is 0.124. The molecule has 84 valence electrons. The van der Waals surface area contributed by atoms with Crippen LogP contribution in [0.4, 0.5) is 0 Å². The monoisotopic (exact) mass is 230 g/mol. The van der Waals surface area contributed by atoms with E-state index < -0.39 is 10.0 Å². The zero-order valence-electron chi connectivity index (χ0n) is 8.47. The quantitative estimate of drug-likeness (QED) is 0.739. The van der Waals surface area contributed by atoms with Crippen LogP contribution < -0.4 is 5.73 Å². The Hall–Kier alpha value is -0.920. The lowest BCUT2D eigenvalue weighted by atomic mass is 10.4. The minimum Gasteiger partial charge on any atom is -0.326 e. The Morgan fingerprint density at radius 1 is 1.67 bits per heavy atom. The van der Waals surface area contributed by atoms with Gasteiger partial charge in [0.05, 0.1) is 6.20 Å². The molecule has 0 radical (unpaired) electrons. The maximum atomic E-state index is 12.1. The van der Waals surface area contributed by atoms with Gasteiger partial charge in [-0.2, -0.15) is 9.40 Å². The highest BCUT2D eigenvalue weighted by Gasteiger charge is 2.36. The third-order valence-electron chi connectivity index (χ3n) is 2.60. The van der Waals surface area contributed by atoms with Crippen molar-refractivity contribution in [3.8, 4) is 0 Å². The summed E-state index contributed by atoms with van der Waals surface area (Å²) in [6, 6.07) is 0.143. The molecule has 0 spiro atoms. The second kappa shape index (κ2) is 3.58. The van der Waals surface area contributed by atoms with Crippen LogP contribution in [0.1, 0.15) is 18.4 Å². The van der Waals surface area contributed by atoms with Crippen LogP contribution in [0.25, 0.3) is 0 Å². The van der Waals surface area contributed by atoms with Crippen molar-refractivity contribution in [2.24, 2.45) is 5.73 Å². The van der Waals surface area contributed by atoms with Crippen molar-refractivity contribution >= 4 is 10.0 Å². The van der Waals surface area contributed by atoms with Crippen molar-refractivity contribution < 1.29 is 8.42 Å². The van der Waals surface area contributed by atoms with E-state index in [1.165, 1.54) is 10.5 Å².